The van der Waals surface area contributed by atoms with Gasteiger partial charge in [0.15, 0.2) is 0 Å². The number of benzene rings is 4. The van der Waals surface area contributed by atoms with E-state index in [2.05, 4.69) is 22.6 Å². The summed E-state index contributed by atoms with van der Waals surface area (Å²) in [4.78, 5) is 43.5. The van der Waals surface area contributed by atoms with E-state index in [1.807, 2.05) is 59.5 Å². The molecule has 50 heavy (non-hydrogen) atoms. The first kappa shape index (κ1) is 36.1. The predicted molar refractivity (Wildman–Crippen MR) is 195 cm³/mol. The monoisotopic (exact) mass is 678 g/mol. The van der Waals surface area contributed by atoms with E-state index in [1.54, 1.807) is 49.6 Å². The van der Waals surface area contributed by atoms with E-state index >= 15 is 0 Å². The molecule has 0 atom stereocenters. The Kier molecular flexibility index (Phi) is 13.4. The maximum Gasteiger partial charge on any atom is 0.259 e. The highest BCUT2D eigenvalue weighted by atomic mass is 16.5. The van der Waals surface area contributed by atoms with Gasteiger partial charge in [0, 0.05) is 56.5 Å². The van der Waals surface area contributed by atoms with Crippen LogP contribution in [-0.2, 0) is 22.7 Å². The molecule has 262 valence electrons. The number of carbonyl (C=O) groups is 3. The van der Waals surface area contributed by atoms with Gasteiger partial charge in [0.05, 0.1) is 24.5 Å². The van der Waals surface area contributed by atoms with Crippen LogP contribution in [0.4, 0.5) is 11.4 Å². The number of hydrogen-bond acceptors (Lipinski definition) is 7. The largest absolute Gasteiger partial charge is 0.491 e. The SMILES string of the molecule is COCc1cc(C(=O)Nc2ccccc2OCCCCCC(=O)N2CCN(C)CC2)ccc1NC(=O)c1ccccc1OCc1ccccc1. The number of rotatable bonds is 16. The number of unbranched alkanes of at least 4 members (excludes halogenated alkanes) is 2. The molecule has 5 rings (SSSR count). The maximum atomic E-state index is 13.4. The Labute approximate surface area is 294 Å². The molecule has 0 bridgehead atoms. The van der Waals surface area contributed by atoms with Crippen molar-refractivity contribution in [2.75, 3.05) is 57.6 Å². The number of nitrogens with one attached hydrogen (secondary N) is 2. The van der Waals surface area contributed by atoms with Gasteiger partial charge >= 0.3 is 0 Å². The molecule has 10 nitrogen and oxygen atoms in total. The average Bonchev–Trinajstić information content (AvgIpc) is 3.14. The fourth-order valence-electron chi connectivity index (χ4n) is 5.68. The lowest BCUT2D eigenvalue weighted by atomic mass is 10.1. The van der Waals surface area contributed by atoms with Crippen LogP contribution in [0.3, 0.4) is 0 Å². The Morgan fingerprint density at radius 2 is 1.38 bits per heavy atom. The first-order chi connectivity index (χ1) is 24.4. The molecule has 2 N–H and O–H groups in total. The third kappa shape index (κ3) is 10.4. The van der Waals surface area contributed by atoms with Crippen molar-refractivity contribution >= 4 is 29.1 Å². The van der Waals surface area contributed by atoms with Gasteiger partial charge in [-0.2, -0.15) is 0 Å². The van der Waals surface area contributed by atoms with Crippen molar-refractivity contribution in [3.8, 4) is 11.5 Å². The van der Waals surface area contributed by atoms with Crippen LogP contribution in [0.1, 0.15) is 57.5 Å². The first-order valence-electron chi connectivity index (χ1n) is 17.1. The summed E-state index contributed by atoms with van der Waals surface area (Å²) in [6.45, 7) is 4.44. The maximum absolute atomic E-state index is 13.4. The van der Waals surface area contributed by atoms with Crippen molar-refractivity contribution in [1.29, 1.82) is 0 Å². The summed E-state index contributed by atoms with van der Waals surface area (Å²) in [5.41, 5.74) is 3.52. The zero-order valence-electron chi connectivity index (χ0n) is 28.9. The molecular formula is C40H46N4O6. The van der Waals surface area contributed by atoms with Crippen molar-refractivity contribution < 1.29 is 28.6 Å². The third-order valence-corrected chi connectivity index (χ3v) is 8.57. The second-order valence-electron chi connectivity index (χ2n) is 12.3. The lowest BCUT2D eigenvalue weighted by Gasteiger charge is -2.32. The van der Waals surface area contributed by atoms with Gasteiger partial charge in [0.1, 0.15) is 18.1 Å². The molecule has 0 aromatic heterocycles. The van der Waals surface area contributed by atoms with Crippen LogP contribution < -0.4 is 20.1 Å². The van der Waals surface area contributed by atoms with Crippen molar-refractivity contribution in [1.82, 2.24) is 9.80 Å². The second kappa shape index (κ2) is 18.5. The fourth-order valence-corrected chi connectivity index (χ4v) is 5.68. The molecule has 0 saturated carbocycles. The molecule has 1 saturated heterocycles. The fraction of sp³-hybridized carbons (Fsp3) is 0.325. The van der Waals surface area contributed by atoms with Crippen molar-refractivity contribution in [2.24, 2.45) is 0 Å². The quantitative estimate of drug-likeness (QED) is 0.128. The summed E-state index contributed by atoms with van der Waals surface area (Å²) in [6.07, 6.45) is 3.06. The number of nitrogens with zero attached hydrogens (tertiary/aromatic N) is 2. The molecule has 4 aromatic carbocycles. The lowest BCUT2D eigenvalue weighted by molar-refractivity contribution is -0.132. The number of amides is 3. The summed E-state index contributed by atoms with van der Waals surface area (Å²) in [7, 11) is 3.64. The molecule has 3 amide bonds. The van der Waals surface area contributed by atoms with E-state index in [0.29, 0.717) is 59.2 Å². The molecule has 1 aliphatic rings. The number of ether oxygens (including phenoxy) is 3. The van der Waals surface area contributed by atoms with E-state index in [0.717, 1.165) is 51.0 Å². The molecule has 0 radical (unpaired) electrons. The lowest BCUT2D eigenvalue weighted by Crippen LogP contribution is -2.47. The summed E-state index contributed by atoms with van der Waals surface area (Å²) in [6, 6.07) is 29.2. The standard InChI is InChI=1S/C40H46N4O6/c1-43-22-24-44(25-23-43)38(45)19-7-4-12-26-49-37-18-11-9-16-35(37)42-39(46)31-20-21-34(32(27-31)29-48-2)41-40(47)33-15-8-10-17-36(33)50-28-30-13-5-3-6-14-30/h3,5-6,8-11,13-18,20-21,27H,4,7,12,19,22-26,28-29H2,1-2H3,(H,41,47)(H,42,46). The number of likely N-dealkylation sites (N-methyl/N-ethyl adjacent to an activating group) is 1. The van der Waals surface area contributed by atoms with Crippen LogP contribution in [0.25, 0.3) is 0 Å². The zero-order valence-corrected chi connectivity index (χ0v) is 28.9. The topological polar surface area (TPSA) is 109 Å². The Balaban J connectivity index is 1.14. The van der Waals surface area contributed by atoms with Crippen LogP contribution in [0.15, 0.2) is 97.1 Å². The normalized spacial score (nSPS) is 13.0. The minimum atomic E-state index is -0.337. The van der Waals surface area contributed by atoms with Crippen LogP contribution >= 0.6 is 0 Å². The highest BCUT2D eigenvalue weighted by Gasteiger charge is 2.19. The first-order valence-corrected chi connectivity index (χ1v) is 17.1. The van der Waals surface area contributed by atoms with Gasteiger partial charge in [-0.25, -0.2) is 0 Å². The molecule has 0 aliphatic carbocycles. The van der Waals surface area contributed by atoms with Gasteiger partial charge in [-0.1, -0.05) is 54.6 Å². The van der Waals surface area contributed by atoms with Crippen molar-refractivity contribution in [2.45, 2.75) is 38.9 Å². The van der Waals surface area contributed by atoms with Gasteiger partial charge in [-0.15, -0.1) is 0 Å². The summed E-state index contributed by atoms with van der Waals surface area (Å²) >= 11 is 0. The predicted octanol–water partition coefficient (Wildman–Crippen LogP) is 6.63. The number of methoxy groups -OCH3 is 1. The highest BCUT2D eigenvalue weighted by Crippen LogP contribution is 2.27. The van der Waals surface area contributed by atoms with Crippen LogP contribution in [0.5, 0.6) is 11.5 Å². The molecule has 1 aliphatic heterocycles. The van der Waals surface area contributed by atoms with Gasteiger partial charge in [0.2, 0.25) is 5.91 Å². The number of hydrogen-bond donors (Lipinski definition) is 2. The second-order valence-corrected chi connectivity index (χ2v) is 12.3. The number of piperazine rings is 1. The van der Waals surface area contributed by atoms with Crippen LogP contribution in [-0.4, -0.2) is 74.5 Å². The van der Waals surface area contributed by atoms with Gasteiger partial charge in [-0.3, -0.25) is 14.4 Å². The molecule has 1 fully saturated rings. The smallest absolute Gasteiger partial charge is 0.259 e. The van der Waals surface area contributed by atoms with E-state index in [9.17, 15) is 14.4 Å². The molecule has 0 unspecified atom stereocenters. The van der Waals surface area contributed by atoms with Gasteiger partial charge < -0.3 is 34.6 Å². The summed E-state index contributed by atoms with van der Waals surface area (Å²) in [5.74, 6) is 0.610. The van der Waals surface area contributed by atoms with Crippen LogP contribution in [0.2, 0.25) is 0 Å². The van der Waals surface area contributed by atoms with Crippen molar-refractivity contribution in [3.05, 3.63) is 119 Å². The molecule has 4 aromatic rings. The summed E-state index contributed by atoms with van der Waals surface area (Å²) in [5, 5.41) is 5.93. The third-order valence-electron chi connectivity index (χ3n) is 8.57. The van der Waals surface area contributed by atoms with Crippen molar-refractivity contribution in [3.63, 3.8) is 0 Å². The summed E-state index contributed by atoms with van der Waals surface area (Å²) < 4.78 is 17.4. The average molecular weight is 679 g/mol. The number of carbonyl (C=O) groups excluding carboxylic acids is 3. The molecule has 1 heterocycles. The molecule has 0 spiro atoms. The van der Waals surface area contributed by atoms with E-state index < -0.39 is 0 Å². The number of anilines is 2. The van der Waals surface area contributed by atoms with Gasteiger partial charge in [-0.05, 0) is 74.3 Å². The minimum absolute atomic E-state index is 0.184. The molecular weight excluding hydrogens is 632 g/mol. The van der Waals surface area contributed by atoms with E-state index in [4.69, 9.17) is 14.2 Å². The van der Waals surface area contributed by atoms with Crippen LogP contribution in [0, 0.1) is 0 Å². The number of para-hydroxylation sites is 3. The minimum Gasteiger partial charge on any atom is -0.491 e. The van der Waals surface area contributed by atoms with Gasteiger partial charge in [0.25, 0.3) is 11.8 Å². The van der Waals surface area contributed by atoms with E-state index in [-0.39, 0.29) is 24.3 Å². The van der Waals surface area contributed by atoms with E-state index in [1.165, 1.54) is 0 Å². The Bertz CT molecular complexity index is 1720. The Morgan fingerprint density at radius 1 is 0.680 bits per heavy atom. The Hall–Kier alpha value is -5.19. The highest BCUT2D eigenvalue weighted by molar-refractivity contribution is 6.08. The Morgan fingerprint density at radius 3 is 2.16 bits per heavy atom. The molecule has 10 heteroatoms. The zero-order chi connectivity index (χ0) is 35.1.